The van der Waals surface area contributed by atoms with Crippen LogP contribution >= 0.6 is 11.8 Å². The van der Waals surface area contributed by atoms with Crippen LogP contribution in [0.25, 0.3) is 0 Å². The lowest BCUT2D eigenvalue weighted by Gasteiger charge is -2.32. The van der Waals surface area contributed by atoms with Crippen LogP contribution in [0.4, 0.5) is 5.69 Å². The summed E-state index contributed by atoms with van der Waals surface area (Å²) in [4.78, 5) is 32.5. The van der Waals surface area contributed by atoms with Gasteiger partial charge in [-0.05, 0) is 43.5 Å². The molecule has 1 aliphatic heterocycles. The minimum atomic E-state index is -0.608. The van der Waals surface area contributed by atoms with Crippen LogP contribution in [0.2, 0.25) is 0 Å². The SMILES string of the molecule is Cc1ccc(C(=O)NC(C(=O)N2CCCSC2=Nc2ccccc2)C(C)C)cc1. The third-order valence-corrected chi connectivity index (χ3v) is 5.83. The number of para-hydroxylation sites is 1. The summed E-state index contributed by atoms with van der Waals surface area (Å²) in [6.45, 7) is 6.48. The summed E-state index contributed by atoms with van der Waals surface area (Å²) in [5, 5.41) is 3.64. The lowest BCUT2D eigenvalue weighted by molar-refractivity contribution is -0.130. The van der Waals surface area contributed by atoms with Crippen LogP contribution in [0.1, 0.15) is 36.2 Å². The molecule has 0 aliphatic carbocycles. The Balaban J connectivity index is 1.80. The summed E-state index contributed by atoms with van der Waals surface area (Å²) in [5.41, 5.74) is 2.46. The molecule has 1 fully saturated rings. The summed E-state index contributed by atoms with van der Waals surface area (Å²) in [6.07, 6.45) is 0.904. The number of hydrogen-bond donors (Lipinski definition) is 1. The minimum Gasteiger partial charge on any atom is -0.340 e. The van der Waals surface area contributed by atoms with E-state index in [-0.39, 0.29) is 17.7 Å². The molecule has 152 valence electrons. The molecule has 0 saturated carbocycles. The Morgan fingerprint density at radius 3 is 2.41 bits per heavy atom. The first-order valence-electron chi connectivity index (χ1n) is 9.91. The molecule has 6 heteroatoms. The fraction of sp³-hybridized carbons (Fsp3) is 0.348. The van der Waals surface area contributed by atoms with E-state index in [1.165, 1.54) is 0 Å². The van der Waals surface area contributed by atoms with E-state index in [2.05, 4.69) is 10.3 Å². The van der Waals surface area contributed by atoms with Crippen LogP contribution in [-0.4, -0.2) is 40.2 Å². The first-order valence-corrected chi connectivity index (χ1v) is 10.9. The average Bonchev–Trinajstić information content (AvgIpc) is 2.73. The second-order valence-electron chi connectivity index (χ2n) is 7.48. The van der Waals surface area contributed by atoms with Crippen molar-refractivity contribution in [3.05, 3.63) is 65.7 Å². The van der Waals surface area contributed by atoms with Crippen molar-refractivity contribution < 1.29 is 9.59 Å². The second kappa shape index (κ2) is 9.74. The molecular formula is C23H27N3O2S. The molecule has 5 nitrogen and oxygen atoms in total. The molecule has 0 radical (unpaired) electrons. The van der Waals surface area contributed by atoms with Gasteiger partial charge in [-0.1, -0.05) is 61.5 Å². The predicted octanol–water partition coefficient (Wildman–Crippen LogP) is 4.40. The molecular weight excluding hydrogens is 382 g/mol. The molecule has 1 unspecified atom stereocenters. The fourth-order valence-electron chi connectivity index (χ4n) is 3.08. The van der Waals surface area contributed by atoms with Crippen molar-refractivity contribution in [1.82, 2.24) is 10.2 Å². The van der Waals surface area contributed by atoms with Crippen LogP contribution in [0, 0.1) is 12.8 Å². The van der Waals surface area contributed by atoms with Crippen molar-refractivity contribution >= 4 is 34.4 Å². The van der Waals surface area contributed by atoms with E-state index in [0.717, 1.165) is 23.4 Å². The molecule has 2 aromatic carbocycles. The molecule has 0 spiro atoms. The Hall–Kier alpha value is -2.60. The maximum atomic E-state index is 13.4. The van der Waals surface area contributed by atoms with Crippen LogP contribution in [0.15, 0.2) is 59.6 Å². The van der Waals surface area contributed by atoms with E-state index < -0.39 is 6.04 Å². The van der Waals surface area contributed by atoms with E-state index in [0.29, 0.717) is 17.3 Å². The molecule has 1 heterocycles. The van der Waals surface area contributed by atoms with Crippen molar-refractivity contribution in [2.24, 2.45) is 10.9 Å². The summed E-state index contributed by atoms with van der Waals surface area (Å²) in [6, 6.07) is 16.4. The van der Waals surface area contributed by atoms with Gasteiger partial charge in [-0.25, -0.2) is 4.99 Å². The zero-order valence-electron chi connectivity index (χ0n) is 17.1. The van der Waals surface area contributed by atoms with Crippen molar-refractivity contribution in [3.8, 4) is 0 Å². The summed E-state index contributed by atoms with van der Waals surface area (Å²) in [7, 11) is 0. The fourth-order valence-corrected chi connectivity index (χ4v) is 4.04. The highest BCUT2D eigenvalue weighted by atomic mass is 32.2. The average molecular weight is 410 g/mol. The third kappa shape index (κ3) is 5.48. The number of amides is 2. The van der Waals surface area contributed by atoms with Gasteiger partial charge in [-0.2, -0.15) is 0 Å². The molecule has 1 N–H and O–H groups in total. The maximum Gasteiger partial charge on any atom is 0.251 e. The predicted molar refractivity (Wildman–Crippen MR) is 120 cm³/mol. The first kappa shape index (κ1) is 21.1. The number of amidine groups is 1. The van der Waals surface area contributed by atoms with E-state index in [1.807, 2.05) is 63.2 Å². The van der Waals surface area contributed by atoms with Gasteiger partial charge in [0.25, 0.3) is 11.8 Å². The van der Waals surface area contributed by atoms with Crippen molar-refractivity contribution in [1.29, 1.82) is 0 Å². The number of thioether (sulfide) groups is 1. The minimum absolute atomic E-state index is 0.0400. The molecule has 1 atom stereocenters. The highest BCUT2D eigenvalue weighted by molar-refractivity contribution is 8.13. The number of aryl methyl sites for hydroxylation is 1. The topological polar surface area (TPSA) is 61.8 Å². The normalized spacial score (nSPS) is 16.7. The molecule has 1 saturated heterocycles. The van der Waals surface area contributed by atoms with Gasteiger partial charge >= 0.3 is 0 Å². The molecule has 0 bridgehead atoms. The molecule has 3 rings (SSSR count). The largest absolute Gasteiger partial charge is 0.340 e. The Bertz CT molecular complexity index is 879. The number of hydrogen-bond acceptors (Lipinski definition) is 4. The van der Waals surface area contributed by atoms with Gasteiger partial charge in [0, 0.05) is 17.9 Å². The Kier molecular flexibility index (Phi) is 7.09. The standard InChI is InChI=1S/C23H27N3O2S/c1-16(2)20(25-21(27)18-12-10-17(3)11-13-18)22(28)26-14-7-15-29-23(26)24-19-8-5-4-6-9-19/h4-6,8-13,16,20H,7,14-15H2,1-3H3,(H,25,27). The number of carbonyl (C=O) groups is 2. The first-order chi connectivity index (χ1) is 14.0. The van der Waals surface area contributed by atoms with E-state index >= 15 is 0 Å². The van der Waals surface area contributed by atoms with Gasteiger partial charge in [0.05, 0.1) is 5.69 Å². The van der Waals surface area contributed by atoms with Gasteiger partial charge < -0.3 is 5.32 Å². The Labute approximate surface area is 176 Å². The van der Waals surface area contributed by atoms with Crippen molar-refractivity contribution in [3.63, 3.8) is 0 Å². The third-order valence-electron chi connectivity index (χ3n) is 4.77. The summed E-state index contributed by atoms with van der Waals surface area (Å²) >= 11 is 1.58. The Morgan fingerprint density at radius 1 is 1.07 bits per heavy atom. The van der Waals surface area contributed by atoms with Crippen LogP contribution in [0.5, 0.6) is 0 Å². The molecule has 2 aromatic rings. The van der Waals surface area contributed by atoms with E-state index in [9.17, 15) is 9.59 Å². The van der Waals surface area contributed by atoms with Crippen LogP contribution < -0.4 is 5.32 Å². The number of rotatable bonds is 5. The quantitative estimate of drug-likeness (QED) is 0.796. The number of aliphatic imine (C=N–C) groups is 1. The monoisotopic (exact) mass is 409 g/mol. The van der Waals surface area contributed by atoms with Gasteiger partial charge in [0.2, 0.25) is 0 Å². The smallest absolute Gasteiger partial charge is 0.251 e. The number of nitrogens with zero attached hydrogens (tertiary/aromatic N) is 2. The highest BCUT2D eigenvalue weighted by Gasteiger charge is 2.33. The maximum absolute atomic E-state index is 13.4. The zero-order chi connectivity index (χ0) is 20.8. The summed E-state index contributed by atoms with van der Waals surface area (Å²) in [5.74, 6) is 0.546. The number of benzene rings is 2. The van der Waals surface area contributed by atoms with Crippen molar-refractivity contribution in [2.45, 2.75) is 33.2 Å². The van der Waals surface area contributed by atoms with E-state index in [1.54, 1.807) is 28.8 Å². The lowest BCUT2D eigenvalue weighted by atomic mass is 10.0. The zero-order valence-corrected chi connectivity index (χ0v) is 17.9. The van der Waals surface area contributed by atoms with Gasteiger partial charge in [-0.3, -0.25) is 14.5 Å². The lowest BCUT2D eigenvalue weighted by Crippen LogP contribution is -2.53. The molecule has 1 aliphatic rings. The van der Waals surface area contributed by atoms with Gasteiger partial charge in [0.15, 0.2) is 5.17 Å². The van der Waals surface area contributed by atoms with Gasteiger partial charge in [-0.15, -0.1) is 0 Å². The molecule has 2 amide bonds. The summed E-state index contributed by atoms with van der Waals surface area (Å²) < 4.78 is 0. The second-order valence-corrected chi connectivity index (χ2v) is 8.55. The molecule has 29 heavy (non-hydrogen) atoms. The van der Waals surface area contributed by atoms with Crippen LogP contribution in [-0.2, 0) is 4.79 Å². The van der Waals surface area contributed by atoms with Crippen LogP contribution in [0.3, 0.4) is 0 Å². The van der Waals surface area contributed by atoms with Gasteiger partial charge in [0.1, 0.15) is 6.04 Å². The number of carbonyl (C=O) groups excluding carboxylic acids is 2. The van der Waals surface area contributed by atoms with Crippen molar-refractivity contribution in [2.75, 3.05) is 12.3 Å². The Morgan fingerprint density at radius 2 is 1.76 bits per heavy atom. The van der Waals surface area contributed by atoms with E-state index in [4.69, 9.17) is 0 Å². The highest BCUT2D eigenvalue weighted by Crippen LogP contribution is 2.24. The number of nitrogens with one attached hydrogen (secondary N) is 1. The molecule has 0 aromatic heterocycles.